The molecule has 0 spiro atoms. The second kappa shape index (κ2) is 7.60. The predicted octanol–water partition coefficient (Wildman–Crippen LogP) is 2.89. The van der Waals surface area contributed by atoms with Crippen LogP contribution in [0.4, 0.5) is 11.5 Å². The van der Waals surface area contributed by atoms with E-state index < -0.39 is 0 Å². The highest BCUT2D eigenvalue weighted by Gasteiger charge is 2.30. The molecule has 0 aliphatic carbocycles. The van der Waals surface area contributed by atoms with E-state index in [1.807, 2.05) is 24.3 Å². The molecule has 0 unspecified atom stereocenters. The lowest BCUT2D eigenvalue weighted by molar-refractivity contribution is -0.129. The lowest BCUT2D eigenvalue weighted by Crippen LogP contribution is -2.35. The van der Waals surface area contributed by atoms with Crippen LogP contribution in [0.15, 0.2) is 36.7 Å². The number of carbonyl (C=O) groups is 1. The van der Waals surface area contributed by atoms with Gasteiger partial charge in [-0.2, -0.15) is 10.2 Å². The van der Waals surface area contributed by atoms with Crippen LogP contribution in [0.25, 0.3) is 11.1 Å². The van der Waals surface area contributed by atoms with Gasteiger partial charge in [-0.15, -0.1) is 0 Å². The Bertz CT molecular complexity index is 1060. The van der Waals surface area contributed by atoms with Crippen LogP contribution in [0.5, 0.6) is 0 Å². The molecule has 3 aromatic rings. The van der Waals surface area contributed by atoms with Crippen molar-refractivity contribution in [3.63, 3.8) is 0 Å². The zero-order valence-electron chi connectivity index (χ0n) is 17.3. The van der Waals surface area contributed by atoms with Gasteiger partial charge in [0.1, 0.15) is 0 Å². The van der Waals surface area contributed by atoms with Crippen molar-refractivity contribution in [2.75, 3.05) is 25.1 Å². The third-order valence-electron chi connectivity index (χ3n) is 5.97. The third kappa shape index (κ3) is 3.47. The number of rotatable bonds is 4. The fourth-order valence-corrected chi connectivity index (χ4v) is 4.28. The van der Waals surface area contributed by atoms with E-state index in [9.17, 15) is 4.79 Å². The van der Waals surface area contributed by atoms with Crippen molar-refractivity contribution >= 4 is 17.4 Å². The van der Waals surface area contributed by atoms with E-state index in [4.69, 9.17) is 9.84 Å². The van der Waals surface area contributed by atoms with Crippen molar-refractivity contribution < 1.29 is 9.53 Å². The maximum absolute atomic E-state index is 12.0. The molecule has 1 amide bonds. The molecule has 1 N–H and O–H groups in total. The van der Waals surface area contributed by atoms with Gasteiger partial charge in [0.25, 0.3) is 0 Å². The SMILES string of the molecule is CC(=O)N1CCc2c(c(Nc3ccc(-c4cnn(C)c4)cc3)nn2[C@@H]2CCOC2)C1. The number of ether oxygens (including phenoxy) is 1. The van der Waals surface area contributed by atoms with Crippen molar-refractivity contribution in [3.8, 4) is 11.1 Å². The quantitative estimate of drug-likeness (QED) is 0.721. The Labute approximate surface area is 175 Å². The van der Waals surface area contributed by atoms with E-state index in [1.165, 1.54) is 5.69 Å². The molecule has 1 saturated heterocycles. The zero-order chi connectivity index (χ0) is 20.7. The summed E-state index contributed by atoms with van der Waals surface area (Å²) in [5, 5.41) is 12.6. The first-order valence-electron chi connectivity index (χ1n) is 10.4. The number of fused-ring (bicyclic) bond motifs is 1. The number of aryl methyl sites for hydroxylation is 1. The minimum absolute atomic E-state index is 0.101. The maximum atomic E-state index is 12.0. The Balaban J connectivity index is 1.44. The van der Waals surface area contributed by atoms with E-state index in [2.05, 4.69) is 39.4 Å². The van der Waals surface area contributed by atoms with Crippen LogP contribution >= 0.6 is 0 Å². The molecule has 4 heterocycles. The van der Waals surface area contributed by atoms with Crippen molar-refractivity contribution in [1.29, 1.82) is 0 Å². The molecule has 2 aliphatic heterocycles. The van der Waals surface area contributed by atoms with E-state index in [0.29, 0.717) is 13.2 Å². The first kappa shape index (κ1) is 18.9. The van der Waals surface area contributed by atoms with E-state index in [-0.39, 0.29) is 11.9 Å². The second-order valence-electron chi connectivity index (χ2n) is 8.03. The van der Waals surface area contributed by atoms with E-state index in [0.717, 1.165) is 54.2 Å². The van der Waals surface area contributed by atoms with Crippen LogP contribution in [0, 0.1) is 0 Å². The number of hydrogen-bond acceptors (Lipinski definition) is 5. The van der Waals surface area contributed by atoms with Crippen LogP contribution < -0.4 is 5.32 Å². The molecule has 5 rings (SSSR count). The summed E-state index contributed by atoms with van der Waals surface area (Å²) in [7, 11) is 1.92. The number of benzene rings is 1. The van der Waals surface area contributed by atoms with Gasteiger partial charge in [0.2, 0.25) is 5.91 Å². The summed E-state index contributed by atoms with van der Waals surface area (Å²) < 4.78 is 9.52. The van der Waals surface area contributed by atoms with Crippen molar-refractivity contribution in [2.24, 2.45) is 7.05 Å². The van der Waals surface area contributed by atoms with Gasteiger partial charge in [0.05, 0.1) is 25.4 Å². The fraction of sp³-hybridized carbons (Fsp3) is 0.409. The molecule has 0 saturated carbocycles. The van der Waals surface area contributed by atoms with Crippen LogP contribution in [0.1, 0.15) is 30.6 Å². The fourth-order valence-electron chi connectivity index (χ4n) is 4.28. The normalized spacial score (nSPS) is 18.5. The van der Waals surface area contributed by atoms with Crippen molar-refractivity contribution in [3.05, 3.63) is 47.9 Å². The Morgan fingerprint density at radius 2 is 2.07 bits per heavy atom. The molecule has 2 aromatic heterocycles. The number of nitrogens with one attached hydrogen (secondary N) is 1. The van der Waals surface area contributed by atoms with Crippen LogP contribution in [0.3, 0.4) is 0 Å². The summed E-state index contributed by atoms with van der Waals surface area (Å²) in [6, 6.07) is 8.53. The Morgan fingerprint density at radius 3 is 2.73 bits per heavy atom. The molecular formula is C22H26N6O2. The third-order valence-corrected chi connectivity index (χ3v) is 5.97. The topological polar surface area (TPSA) is 77.2 Å². The summed E-state index contributed by atoms with van der Waals surface area (Å²) in [6.07, 6.45) is 5.66. The maximum Gasteiger partial charge on any atom is 0.219 e. The number of amides is 1. The lowest BCUT2D eigenvalue weighted by Gasteiger charge is -2.27. The number of carbonyl (C=O) groups excluding carboxylic acids is 1. The van der Waals surface area contributed by atoms with Gasteiger partial charge in [0.15, 0.2) is 5.82 Å². The predicted molar refractivity (Wildman–Crippen MR) is 113 cm³/mol. The largest absolute Gasteiger partial charge is 0.379 e. The van der Waals surface area contributed by atoms with E-state index in [1.54, 1.807) is 11.6 Å². The molecule has 30 heavy (non-hydrogen) atoms. The summed E-state index contributed by atoms with van der Waals surface area (Å²) in [4.78, 5) is 13.9. The van der Waals surface area contributed by atoms with Crippen LogP contribution in [0.2, 0.25) is 0 Å². The number of nitrogens with zero attached hydrogens (tertiary/aromatic N) is 5. The molecule has 1 fully saturated rings. The highest BCUT2D eigenvalue weighted by atomic mass is 16.5. The zero-order valence-corrected chi connectivity index (χ0v) is 17.3. The number of hydrogen-bond donors (Lipinski definition) is 1. The van der Waals surface area contributed by atoms with Gasteiger partial charge in [0, 0.05) is 62.2 Å². The van der Waals surface area contributed by atoms with Crippen molar-refractivity contribution in [1.82, 2.24) is 24.5 Å². The molecule has 156 valence electrons. The molecule has 2 aliphatic rings. The molecule has 1 aromatic carbocycles. The summed E-state index contributed by atoms with van der Waals surface area (Å²) in [5.41, 5.74) is 5.51. The average molecular weight is 406 g/mol. The Kier molecular flexibility index (Phi) is 4.78. The molecule has 8 nitrogen and oxygen atoms in total. The van der Waals surface area contributed by atoms with Gasteiger partial charge in [-0.25, -0.2) is 0 Å². The molecule has 1 atom stereocenters. The van der Waals surface area contributed by atoms with Gasteiger partial charge in [-0.1, -0.05) is 12.1 Å². The Morgan fingerprint density at radius 1 is 1.23 bits per heavy atom. The van der Waals surface area contributed by atoms with Gasteiger partial charge in [-0.05, 0) is 24.1 Å². The number of anilines is 2. The molecular weight excluding hydrogens is 380 g/mol. The highest BCUT2D eigenvalue weighted by Crippen LogP contribution is 2.33. The first-order chi connectivity index (χ1) is 14.6. The minimum Gasteiger partial charge on any atom is -0.379 e. The highest BCUT2D eigenvalue weighted by molar-refractivity contribution is 5.74. The smallest absolute Gasteiger partial charge is 0.219 e. The molecule has 0 bridgehead atoms. The lowest BCUT2D eigenvalue weighted by atomic mass is 10.1. The standard InChI is InChI=1S/C22H26N6O2/c1-15(29)27-9-7-21-20(13-27)22(25-28(21)19-8-10-30-14-19)24-18-5-3-16(4-6-18)17-11-23-26(2)12-17/h3-6,11-12,19H,7-10,13-14H2,1-2H3,(H,24,25)/t19-/m1/s1. The van der Waals surface area contributed by atoms with Gasteiger partial charge >= 0.3 is 0 Å². The summed E-state index contributed by atoms with van der Waals surface area (Å²) in [6.45, 7) is 4.43. The molecule has 8 heteroatoms. The Hall–Kier alpha value is -3.13. The average Bonchev–Trinajstić information content (AvgIpc) is 3.49. The van der Waals surface area contributed by atoms with Crippen molar-refractivity contribution in [2.45, 2.75) is 32.4 Å². The monoisotopic (exact) mass is 406 g/mol. The summed E-state index contributed by atoms with van der Waals surface area (Å²) in [5.74, 6) is 0.932. The van der Waals surface area contributed by atoms with E-state index >= 15 is 0 Å². The molecule has 0 radical (unpaired) electrons. The second-order valence-corrected chi connectivity index (χ2v) is 8.03. The van der Waals surface area contributed by atoms with Gasteiger partial charge in [-0.3, -0.25) is 14.2 Å². The van der Waals surface area contributed by atoms with Crippen LogP contribution in [-0.2, 0) is 29.5 Å². The first-order valence-corrected chi connectivity index (χ1v) is 10.4. The number of aromatic nitrogens is 4. The van der Waals surface area contributed by atoms with Gasteiger partial charge < -0.3 is 15.0 Å². The minimum atomic E-state index is 0.101. The summed E-state index contributed by atoms with van der Waals surface area (Å²) >= 11 is 0. The van der Waals surface area contributed by atoms with Crippen LogP contribution in [-0.4, -0.2) is 50.1 Å².